The molecule has 1 aromatic rings. The van der Waals surface area contributed by atoms with Crippen LogP contribution in [0.15, 0.2) is 42.5 Å². The van der Waals surface area contributed by atoms with E-state index in [1.54, 1.807) is 0 Å². The first-order chi connectivity index (χ1) is 12.9. The van der Waals surface area contributed by atoms with Crippen molar-refractivity contribution >= 4 is 14.1 Å². The molecule has 158 valence electrons. The van der Waals surface area contributed by atoms with Gasteiger partial charge in [-0.15, -0.1) is 0 Å². The molecule has 0 aliphatic carbocycles. The molecule has 0 radical (unpaired) electrons. The zero-order valence-electron chi connectivity index (χ0n) is 19.3. The standard InChI is InChI=1S/C24H40O3Si/c1-10-14-18(2)23(27-20(4)21-15-12-11-13-16-21)19(3)22(25)17-26-28(8,9)24(5,6)7/h10-16,18-20,23H,17H2,1-9H3/b14-10+/t18-,19-,20+,23-/m0/s1. The molecule has 1 aromatic carbocycles. The lowest BCUT2D eigenvalue weighted by Gasteiger charge is -2.37. The fraction of sp³-hybridized carbons (Fsp3) is 0.625. The predicted molar refractivity (Wildman–Crippen MR) is 121 cm³/mol. The summed E-state index contributed by atoms with van der Waals surface area (Å²) in [6, 6.07) is 10.2. The van der Waals surface area contributed by atoms with Gasteiger partial charge in [0.15, 0.2) is 14.1 Å². The highest BCUT2D eigenvalue weighted by Crippen LogP contribution is 2.36. The summed E-state index contributed by atoms with van der Waals surface area (Å²) in [4.78, 5) is 13.0. The number of carbonyl (C=O) groups excluding carboxylic acids is 1. The molecule has 0 heterocycles. The lowest BCUT2D eigenvalue weighted by Crippen LogP contribution is -2.44. The van der Waals surface area contributed by atoms with Gasteiger partial charge in [-0.3, -0.25) is 4.79 Å². The summed E-state index contributed by atoms with van der Waals surface area (Å²) in [5.74, 6) is 0.0246. The van der Waals surface area contributed by atoms with E-state index >= 15 is 0 Å². The van der Waals surface area contributed by atoms with Crippen LogP contribution in [0.1, 0.15) is 60.1 Å². The lowest BCUT2D eigenvalue weighted by molar-refractivity contribution is -0.133. The summed E-state index contributed by atoms with van der Waals surface area (Å²) in [7, 11) is -1.95. The highest BCUT2D eigenvalue weighted by Gasteiger charge is 2.38. The molecule has 0 aliphatic heterocycles. The van der Waals surface area contributed by atoms with Gasteiger partial charge in [0, 0.05) is 11.8 Å². The van der Waals surface area contributed by atoms with Crippen molar-refractivity contribution in [3.05, 3.63) is 48.0 Å². The van der Waals surface area contributed by atoms with Crippen LogP contribution in [-0.2, 0) is 14.0 Å². The number of hydrogen-bond donors (Lipinski definition) is 0. The van der Waals surface area contributed by atoms with Crippen LogP contribution in [0.4, 0.5) is 0 Å². The molecule has 1 rings (SSSR count). The Morgan fingerprint density at radius 2 is 1.68 bits per heavy atom. The predicted octanol–water partition coefficient (Wildman–Crippen LogP) is 6.57. The molecule has 4 heteroatoms. The molecule has 0 unspecified atom stereocenters. The normalized spacial score (nSPS) is 17.3. The highest BCUT2D eigenvalue weighted by atomic mass is 28.4. The van der Waals surface area contributed by atoms with Crippen LogP contribution in [0.25, 0.3) is 0 Å². The third kappa shape index (κ3) is 6.98. The Bertz CT molecular complexity index is 631. The van der Waals surface area contributed by atoms with Gasteiger partial charge in [-0.2, -0.15) is 0 Å². The minimum absolute atomic E-state index is 0.0736. The largest absolute Gasteiger partial charge is 0.410 e. The summed E-state index contributed by atoms with van der Waals surface area (Å²) in [6.07, 6.45) is 3.87. The maximum Gasteiger partial charge on any atom is 0.192 e. The van der Waals surface area contributed by atoms with Gasteiger partial charge in [-0.1, -0.05) is 77.1 Å². The first-order valence-corrected chi connectivity index (χ1v) is 13.3. The average Bonchev–Trinajstić information content (AvgIpc) is 2.63. The molecule has 28 heavy (non-hydrogen) atoms. The fourth-order valence-corrected chi connectivity index (χ4v) is 3.87. The second-order valence-electron chi connectivity index (χ2n) is 9.34. The number of benzene rings is 1. The molecule has 0 bridgehead atoms. The van der Waals surface area contributed by atoms with Crippen molar-refractivity contribution in [2.24, 2.45) is 11.8 Å². The number of Topliss-reactive ketones (excluding diaryl/α,β-unsaturated/α-hetero) is 1. The van der Waals surface area contributed by atoms with E-state index in [0.717, 1.165) is 5.56 Å². The van der Waals surface area contributed by atoms with Gasteiger partial charge in [0.25, 0.3) is 0 Å². The fourth-order valence-electron chi connectivity index (χ4n) is 2.93. The molecule has 0 fully saturated rings. The number of ketones is 1. The van der Waals surface area contributed by atoms with Crippen molar-refractivity contribution in [1.82, 2.24) is 0 Å². The van der Waals surface area contributed by atoms with Gasteiger partial charge in [0.2, 0.25) is 0 Å². The zero-order valence-corrected chi connectivity index (χ0v) is 20.3. The maximum atomic E-state index is 13.0. The van der Waals surface area contributed by atoms with E-state index in [1.165, 1.54) is 0 Å². The van der Waals surface area contributed by atoms with Crippen molar-refractivity contribution in [2.45, 2.75) is 78.8 Å². The lowest BCUT2D eigenvalue weighted by atomic mass is 9.89. The van der Waals surface area contributed by atoms with E-state index < -0.39 is 8.32 Å². The molecule has 0 spiro atoms. The van der Waals surface area contributed by atoms with E-state index in [9.17, 15) is 4.79 Å². The Morgan fingerprint density at radius 1 is 1.11 bits per heavy atom. The Hall–Kier alpha value is -1.23. The summed E-state index contributed by atoms with van der Waals surface area (Å²) in [6.45, 7) is 19.2. The zero-order chi connectivity index (χ0) is 21.5. The quantitative estimate of drug-likeness (QED) is 0.327. The van der Waals surface area contributed by atoms with Crippen LogP contribution in [0.5, 0.6) is 0 Å². The number of hydrogen-bond acceptors (Lipinski definition) is 3. The molecule has 0 saturated carbocycles. The van der Waals surface area contributed by atoms with Crippen LogP contribution in [0.2, 0.25) is 18.1 Å². The smallest absolute Gasteiger partial charge is 0.192 e. The Balaban J connectivity index is 2.90. The van der Waals surface area contributed by atoms with E-state index in [2.05, 4.69) is 59.0 Å². The first kappa shape index (κ1) is 24.8. The molecule has 0 aromatic heterocycles. The van der Waals surface area contributed by atoms with Crippen LogP contribution < -0.4 is 0 Å². The summed E-state index contributed by atoms with van der Waals surface area (Å²) >= 11 is 0. The molecule has 0 saturated heterocycles. The van der Waals surface area contributed by atoms with Crippen molar-refractivity contribution < 1.29 is 14.0 Å². The topological polar surface area (TPSA) is 35.5 Å². The van der Waals surface area contributed by atoms with Crippen molar-refractivity contribution in [3.63, 3.8) is 0 Å². The Labute approximate surface area is 173 Å². The molecule has 0 N–H and O–H groups in total. The van der Waals surface area contributed by atoms with Gasteiger partial charge in [-0.25, -0.2) is 0 Å². The van der Waals surface area contributed by atoms with Gasteiger partial charge < -0.3 is 9.16 Å². The third-order valence-corrected chi connectivity index (χ3v) is 10.5. The third-order valence-electron chi connectivity index (χ3n) is 6.03. The second-order valence-corrected chi connectivity index (χ2v) is 14.2. The highest BCUT2D eigenvalue weighted by molar-refractivity contribution is 6.74. The van der Waals surface area contributed by atoms with Crippen LogP contribution in [-0.4, -0.2) is 26.8 Å². The van der Waals surface area contributed by atoms with Crippen LogP contribution >= 0.6 is 0 Å². The van der Waals surface area contributed by atoms with E-state index in [1.807, 2.05) is 45.0 Å². The summed E-state index contributed by atoms with van der Waals surface area (Å²) in [5.41, 5.74) is 1.12. The summed E-state index contributed by atoms with van der Waals surface area (Å²) < 4.78 is 12.6. The van der Waals surface area contributed by atoms with Gasteiger partial charge in [0.1, 0.15) is 0 Å². The number of carbonyl (C=O) groups is 1. The molecule has 0 aliphatic rings. The minimum atomic E-state index is -1.95. The van der Waals surface area contributed by atoms with Gasteiger partial charge in [0.05, 0.1) is 18.8 Å². The van der Waals surface area contributed by atoms with Crippen LogP contribution in [0, 0.1) is 11.8 Å². The minimum Gasteiger partial charge on any atom is -0.410 e. The van der Waals surface area contributed by atoms with Crippen molar-refractivity contribution in [1.29, 1.82) is 0 Å². The van der Waals surface area contributed by atoms with E-state index in [-0.39, 0.29) is 41.5 Å². The average molecular weight is 405 g/mol. The maximum absolute atomic E-state index is 13.0. The molecule has 0 amide bonds. The Kier molecular flexibility index (Phi) is 9.32. The molecule has 3 nitrogen and oxygen atoms in total. The van der Waals surface area contributed by atoms with Crippen molar-refractivity contribution in [3.8, 4) is 0 Å². The SMILES string of the molecule is C/C=C/[C@H](C)[C@H](O[C@H](C)c1ccccc1)[C@@H](C)C(=O)CO[Si](C)(C)C(C)(C)C. The first-order valence-electron chi connectivity index (χ1n) is 10.4. The number of ether oxygens (including phenoxy) is 1. The number of rotatable bonds is 10. The van der Waals surface area contributed by atoms with E-state index in [4.69, 9.17) is 9.16 Å². The Morgan fingerprint density at radius 3 is 2.18 bits per heavy atom. The van der Waals surface area contributed by atoms with Crippen molar-refractivity contribution in [2.75, 3.05) is 6.61 Å². The molecular weight excluding hydrogens is 364 g/mol. The summed E-state index contributed by atoms with van der Waals surface area (Å²) in [5, 5.41) is 0.0898. The van der Waals surface area contributed by atoms with E-state index in [0.29, 0.717) is 0 Å². The molecular formula is C24H40O3Si. The monoisotopic (exact) mass is 404 g/mol. The molecule has 4 atom stereocenters. The van der Waals surface area contributed by atoms with Crippen LogP contribution in [0.3, 0.4) is 0 Å². The number of allylic oxidation sites excluding steroid dienone is 1. The van der Waals surface area contributed by atoms with Gasteiger partial charge in [-0.05, 0) is 37.5 Å². The second kappa shape index (κ2) is 10.5. The van der Waals surface area contributed by atoms with Gasteiger partial charge >= 0.3 is 0 Å².